The van der Waals surface area contributed by atoms with E-state index in [1.807, 2.05) is 43.3 Å². The Balaban J connectivity index is 1.81. The Labute approximate surface area is 177 Å². The Hall–Kier alpha value is -3.48. The fourth-order valence-electron chi connectivity index (χ4n) is 3.68. The zero-order chi connectivity index (χ0) is 22.2. The Kier molecular flexibility index (Phi) is 5.35. The van der Waals surface area contributed by atoms with Gasteiger partial charge in [-0.05, 0) is 65.9 Å². The summed E-state index contributed by atoms with van der Waals surface area (Å²) in [6.45, 7) is 3.57. The lowest BCUT2D eigenvalue weighted by atomic mass is 9.99. The fourth-order valence-corrected chi connectivity index (χ4v) is 3.68. The number of carbonyl (C=O) groups is 1. The molecule has 158 valence electrons. The van der Waals surface area contributed by atoms with Crippen molar-refractivity contribution >= 4 is 23.0 Å². The summed E-state index contributed by atoms with van der Waals surface area (Å²) in [6.07, 6.45) is -2.59. The minimum atomic E-state index is -4.50. The van der Waals surface area contributed by atoms with Gasteiger partial charge in [-0.2, -0.15) is 13.2 Å². The number of pyridine rings is 1. The van der Waals surface area contributed by atoms with Crippen LogP contribution in [0.3, 0.4) is 0 Å². The molecule has 0 atom stereocenters. The Bertz CT molecular complexity index is 1200. The summed E-state index contributed by atoms with van der Waals surface area (Å²) in [4.78, 5) is 21.3. The van der Waals surface area contributed by atoms with E-state index in [0.717, 1.165) is 28.5 Å². The third-order valence-electron chi connectivity index (χ3n) is 5.19. The highest BCUT2D eigenvalue weighted by Gasteiger charge is 2.34. The minimum Gasteiger partial charge on any atom is -0.324 e. The number of nitrogens with zero attached hydrogens (tertiary/aromatic N) is 2. The van der Waals surface area contributed by atoms with Crippen molar-refractivity contribution in [2.24, 2.45) is 4.99 Å². The van der Waals surface area contributed by atoms with Gasteiger partial charge in [-0.1, -0.05) is 25.1 Å². The normalized spacial score (nSPS) is 13.8. The molecule has 0 bridgehead atoms. The highest BCUT2D eigenvalue weighted by Crippen LogP contribution is 2.39. The van der Waals surface area contributed by atoms with Crippen LogP contribution in [0.4, 0.5) is 24.5 Å². The van der Waals surface area contributed by atoms with E-state index in [9.17, 15) is 18.0 Å². The van der Waals surface area contributed by atoms with Crippen molar-refractivity contribution < 1.29 is 18.0 Å². The number of aromatic nitrogens is 1. The maximum atomic E-state index is 13.4. The van der Waals surface area contributed by atoms with Crippen molar-refractivity contribution in [3.8, 4) is 11.1 Å². The zero-order valence-electron chi connectivity index (χ0n) is 17.0. The van der Waals surface area contributed by atoms with Gasteiger partial charge >= 0.3 is 6.18 Å². The predicted molar refractivity (Wildman–Crippen MR) is 115 cm³/mol. The molecule has 31 heavy (non-hydrogen) atoms. The molecule has 1 N–H and O–H groups in total. The molecule has 1 amide bonds. The first-order chi connectivity index (χ1) is 14.7. The molecule has 0 aliphatic carbocycles. The molecule has 0 unspecified atom stereocenters. The second-order valence-corrected chi connectivity index (χ2v) is 7.43. The summed E-state index contributed by atoms with van der Waals surface area (Å²) in [5, 5.41) is 2.58. The number of halogens is 3. The lowest BCUT2D eigenvalue weighted by Gasteiger charge is -2.15. The van der Waals surface area contributed by atoms with E-state index in [1.54, 1.807) is 13.1 Å². The van der Waals surface area contributed by atoms with Crippen LogP contribution in [0.15, 0.2) is 59.7 Å². The summed E-state index contributed by atoms with van der Waals surface area (Å²) < 4.78 is 40.3. The van der Waals surface area contributed by atoms with Gasteiger partial charge in [-0.25, -0.2) is 0 Å². The number of hydrogen-bond acceptors (Lipinski definition) is 3. The highest BCUT2D eigenvalue weighted by atomic mass is 19.4. The van der Waals surface area contributed by atoms with E-state index in [-0.39, 0.29) is 24.1 Å². The van der Waals surface area contributed by atoms with Gasteiger partial charge in [0, 0.05) is 11.9 Å². The van der Waals surface area contributed by atoms with E-state index >= 15 is 0 Å². The molecule has 0 saturated heterocycles. The topological polar surface area (TPSA) is 54.4 Å². The van der Waals surface area contributed by atoms with Crippen molar-refractivity contribution in [3.05, 3.63) is 77.1 Å². The SMILES string of the molecule is CCc1cc2c(cc1C(F)(F)F)NC(=O)CC(c1cccc(-c3ccnc(C)c3)c1)=N2. The molecule has 4 rings (SSSR count). The average molecular weight is 423 g/mol. The molecule has 0 radical (unpaired) electrons. The highest BCUT2D eigenvalue weighted by molar-refractivity contribution is 6.17. The summed E-state index contributed by atoms with van der Waals surface area (Å²) in [7, 11) is 0. The van der Waals surface area contributed by atoms with E-state index in [2.05, 4.69) is 15.3 Å². The lowest BCUT2D eigenvalue weighted by Crippen LogP contribution is -2.16. The smallest absolute Gasteiger partial charge is 0.324 e. The number of aliphatic imine (C=N–C) groups is 1. The first kappa shape index (κ1) is 20.8. The Morgan fingerprint density at radius 1 is 1.03 bits per heavy atom. The van der Waals surface area contributed by atoms with Crippen LogP contribution in [0.1, 0.15) is 35.7 Å². The van der Waals surface area contributed by atoms with Crippen molar-refractivity contribution in [2.75, 3.05) is 5.32 Å². The lowest BCUT2D eigenvalue weighted by molar-refractivity contribution is -0.138. The molecule has 0 spiro atoms. The van der Waals surface area contributed by atoms with E-state index < -0.39 is 17.6 Å². The molecule has 0 fully saturated rings. The van der Waals surface area contributed by atoms with E-state index in [0.29, 0.717) is 11.4 Å². The fraction of sp³-hybridized carbons (Fsp3) is 0.208. The van der Waals surface area contributed by atoms with Crippen molar-refractivity contribution in [3.63, 3.8) is 0 Å². The van der Waals surface area contributed by atoms with Crippen LogP contribution < -0.4 is 5.32 Å². The largest absolute Gasteiger partial charge is 0.416 e. The third-order valence-corrected chi connectivity index (χ3v) is 5.19. The second-order valence-electron chi connectivity index (χ2n) is 7.43. The molecular weight excluding hydrogens is 403 g/mol. The number of aryl methyl sites for hydroxylation is 2. The number of amides is 1. The molecule has 2 heterocycles. The van der Waals surface area contributed by atoms with Crippen molar-refractivity contribution in [2.45, 2.75) is 32.9 Å². The third kappa shape index (κ3) is 4.35. The van der Waals surface area contributed by atoms with Crippen LogP contribution in [0.5, 0.6) is 0 Å². The van der Waals surface area contributed by atoms with Crippen molar-refractivity contribution in [1.82, 2.24) is 4.98 Å². The molecule has 2 aromatic carbocycles. The summed E-state index contributed by atoms with van der Waals surface area (Å²) in [6, 6.07) is 13.9. The average Bonchev–Trinajstić information content (AvgIpc) is 2.89. The van der Waals surface area contributed by atoms with E-state index in [4.69, 9.17) is 0 Å². The molecule has 1 aromatic heterocycles. The standard InChI is InChI=1S/C24H20F3N3O/c1-3-15-11-21-22(12-19(15)24(25,26)27)30-23(31)13-20(29-21)18-6-4-5-16(10-18)17-7-8-28-14(2)9-17/h4-12H,3,13H2,1-2H3,(H,30,31). The van der Waals surface area contributed by atoms with Gasteiger partial charge in [0.1, 0.15) is 0 Å². The van der Waals surface area contributed by atoms with Gasteiger partial charge in [0.2, 0.25) is 5.91 Å². The number of nitrogens with one attached hydrogen (secondary N) is 1. The van der Waals surface area contributed by atoms with Gasteiger partial charge in [-0.15, -0.1) is 0 Å². The molecule has 3 aromatic rings. The molecule has 1 aliphatic rings. The number of rotatable bonds is 3. The van der Waals surface area contributed by atoms with Gasteiger partial charge in [0.15, 0.2) is 0 Å². The van der Waals surface area contributed by atoms with Crippen LogP contribution in [-0.4, -0.2) is 16.6 Å². The quantitative estimate of drug-likeness (QED) is 0.553. The Morgan fingerprint density at radius 2 is 1.77 bits per heavy atom. The zero-order valence-corrected chi connectivity index (χ0v) is 17.0. The summed E-state index contributed by atoms with van der Waals surface area (Å²) in [5.74, 6) is -0.403. The van der Waals surface area contributed by atoms with Crippen LogP contribution in [0.25, 0.3) is 11.1 Å². The Morgan fingerprint density at radius 3 is 2.48 bits per heavy atom. The number of hydrogen-bond donors (Lipinski definition) is 1. The number of alkyl halides is 3. The van der Waals surface area contributed by atoms with Gasteiger partial charge in [0.25, 0.3) is 0 Å². The van der Waals surface area contributed by atoms with Crippen LogP contribution in [0, 0.1) is 6.92 Å². The monoisotopic (exact) mass is 423 g/mol. The summed E-state index contributed by atoms with van der Waals surface area (Å²) in [5.41, 5.74) is 3.86. The maximum Gasteiger partial charge on any atom is 0.416 e. The van der Waals surface area contributed by atoms with Crippen LogP contribution >= 0.6 is 0 Å². The van der Waals surface area contributed by atoms with Gasteiger partial charge in [-0.3, -0.25) is 14.8 Å². The second kappa shape index (κ2) is 7.98. The van der Waals surface area contributed by atoms with Gasteiger partial charge < -0.3 is 5.32 Å². The number of fused-ring (bicyclic) bond motifs is 1. The number of benzene rings is 2. The van der Waals surface area contributed by atoms with Gasteiger partial charge in [0.05, 0.1) is 29.1 Å². The van der Waals surface area contributed by atoms with E-state index in [1.165, 1.54) is 6.07 Å². The first-order valence-electron chi connectivity index (χ1n) is 9.89. The molecule has 4 nitrogen and oxygen atoms in total. The molecule has 7 heteroatoms. The van der Waals surface area contributed by atoms with Crippen LogP contribution in [-0.2, 0) is 17.4 Å². The molecule has 1 aliphatic heterocycles. The summed E-state index contributed by atoms with van der Waals surface area (Å²) >= 11 is 0. The number of anilines is 1. The van der Waals surface area contributed by atoms with Crippen LogP contribution in [0.2, 0.25) is 0 Å². The maximum absolute atomic E-state index is 13.4. The molecular formula is C24H20F3N3O. The first-order valence-corrected chi connectivity index (χ1v) is 9.89. The number of carbonyl (C=O) groups excluding carboxylic acids is 1. The minimum absolute atomic E-state index is 0.0314. The molecule has 0 saturated carbocycles. The van der Waals surface area contributed by atoms with Crippen molar-refractivity contribution in [1.29, 1.82) is 0 Å². The predicted octanol–water partition coefficient (Wildman–Crippen LogP) is 6.10.